The molecule has 77 valence electrons. The first-order chi connectivity index (χ1) is 4.76. The molecule has 0 spiro atoms. The molecule has 0 aromatic rings. The monoisotopic (exact) mass is 314 g/mol. The summed E-state index contributed by atoms with van der Waals surface area (Å²) in [6.45, 7) is 10.1. The van der Waals surface area contributed by atoms with Crippen LogP contribution in [0.2, 0.25) is 0 Å². The van der Waals surface area contributed by atoms with Gasteiger partial charge >= 0.3 is 33.3 Å². The summed E-state index contributed by atoms with van der Waals surface area (Å²) >= 11 is 0.757. The van der Waals surface area contributed by atoms with Crippen molar-refractivity contribution in [1.82, 2.24) is 4.90 Å². The molecule has 0 N–H and O–H groups in total. The van der Waals surface area contributed by atoms with E-state index in [4.69, 9.17) is 0 Å². The number of halogens is 3. The van der Waals surface area contributed by atoms with Crippen LogP contribution in [0.4, 0.5) is 0 Å². The molecule has 0 aromatic heterocycles. The topological polar surface area (TPSA) is 3.24 Å². The van der Waals surface area contributed by atoms with Crippen LogP contribution in [0.3, 0.4) is 0 Å². The molecule has 5 heteroatoms. The van der Waals surface area contributed by atoms with Gasteiger partial charge in [0.15, 0.2) is 0 Å². The van der Waals surface area contributed by atoms with E-state index in [1.807, 2.05) is 0 Å². The zero-order valence-corrected chi connectivity index (χ0v) is 11.2. The second kappa shape index (κ2) is 17.6. The van der Waals surface area contributed by atoms with Crippen molar-refractivity contribution in [3.05, 3.63) is 0 Å². The maximum atomic E-state index is 4.67. The first-order valence-corrected chi connectivity index (χ1v) is 5.89. The standard InChI is InChI=1S/C6H15N.BrH.2ClH.Cu/c1-4-7(5-2)6-3;;;;/h4-6H2,1-3H3;3*1H;/q;;;;+2/p-2. The Balaban J connectivity index is -0.000000140. The molecule has 0 amide bonds. The Morgan fingerprint density at radius 1 is 1.00 bits per heavy atom. The minimum absolute atomic E-state index is 0. The molecule has 0 unspecified atom stereocenters. The second-order valence-corrected chi connectivity index (χ2v) is 3.22. The third kappa shape index (κ3) is 18.5. The van der Waals surface area contributed by atoms with Gasteiger partial charge in [-0.15, -0.1) is 17.0 Å². The van der Waals surface area contributed by atoms with Gasteiger partial charge in [0.2, 0.25) is 0 Å². The van der Waals surface area contributed by atoms with Gasteiger partial charge in [0.1, 0.15) is 0 Å². The van der Waals surface area contributed by atoms with Crippen LogP contribution in [0.5, 0.6) is 0 Å². The van der Waals surface area contributed by atoms with Gasteiger partial charge in [0, 0.05) is 0 Å². The van der Waals surface area contributed by atoms with Crippen molar-refractivity contribution < 1.29 is 13.1 Å². The summed E-state index contributed by atoms with van der Waals surface area (Å²) in [6.07, 6.45) is 0. The van der Waals surface area contributed by atoms with E-state index in [0.717, 1.165) is 13.1 Å². The molecular formula is C6H16BrCl2CuN. The summed E-state index contributed by atoms with van der Waals surface area (Å²) < 4.78 is 0. The van der Waals surface area contributed by atoms with E-state index in [2.05, 4.69) is 45.9 Å². The van der Waals surface area contributed by atoms with Gasteiger partial charge in [-0.1, -0.05) is 20.8 Å². The van der Waals surface area contributed by atoms with Crippen LogP contribution in [0.15, 0.2) is 0 Å². The average molecular weight is 317 g/mol. The normalized spacial score (nSPS) is 8.55. The van der Waals surface area contributed by atoms with Gasteiger partial charge in [-0.3, -0.25) is 0 Å². The van der Waals surface area contributed by atoms with Crippen LogP contribution in [-0.2, 0) is 13.1 Å². The van der Waals surface area contributed by atoms with Crippen LogP contribution in [0.1, 0.15) is 20.8 Å². The molecule has 0 aliphatic rings. The number of hydrogen-bond acceptors (Lipinski definition) is 1. The molecule has 0 aliphatic heterocycles. The summed E-state index contributed by atoms with van der Waals surface area (Å²) in [4.78, 5) is 2.38. The SMILES string of the molecule is Br.CCN(CC)CC.[Cl][Cu][Cl]. The van der Waals surface area contributed by atoms with Crippen LogP contribution < -0.4 is 0 Å². The van der Waals surface area contributed by atoms with Crippen LogP contribution in [-0.4, -0.2) is 24.5 Å². The van der Waals surface area contributed by atoms with Gasteiger partial charge < -0.3 is 4.90 Å². The summed E-state index contributed by atoms with van der Waals surface area (Å²) in [5.41, 5.74) is 0. The van der Waals surface area contributed by atoms with E-state index in [1.165, 1.54) is 19.6 Å². The molecule has 1 nitrogen and oxygen atoms in total. The molecule has 0 heterocycles. The number of rotatable bonds is 3. The molecule has 0 bridgehead atoms. The molecule has 0 rings (SSSR count). The van der Waals surface area contributed by atoms with Crippen molar-refractivity contribution in [3.63, 3.8) is 0 Å². The van der Waals surface area contributed by atoms with Gasteiger partial charge in [-0.25, -0.2) is 0 Å². The van der Waals surface area contributed by atoms with Crippen molar-refractivity contribution in [2.45, 2.75) is 20.8 Å². The zero-order chi connectivity index (χ0) is 8.41. The first kappa shape index (κ1) is 18.3. The van der Waals surface area contributed by atoms with Gasteiger partial charge in [-0.2, -0.15) is 0 Å². The molecule has 0 saturated carbocycles. The van der Waals surface area contributed by atoms with Gasteiger partial charge in [-0.05, 0) is 19.6 Å². The van der Waals surface area contributed by atoms with Crippen molar-refractivity contribution in [3.8, 4) is 0 Å². The summed E-state index contributed by atoms with van der Waals surface area (Å²) in [5.74, 6) is 0. The van der Waals surface area contributed by atoms with Crippen LogP contribution in [0, 0.1) is 0 Å². The fraction of sp³-hybridized carbons (Fsp3) is 1.00. The third-order valence-corrected chi connectivity index (χ3v) is 1.34. The van der Waals surface area contributed by atoms with Crippen molar-refractivity contribution in [1.29, 1.82) is 0 Å². The Labute approximate surface area is 95.2 Å². The van der Waals surface area contributed by atoms with Crippen molar-refractivity contribution in [2.75, 3.05) is 19.6 Å². The number of hydrogen-bond donors (Lipinski definition) is 0. The second-order valence-electron chi connectivity index (χ2n) is 1.66. The van der Waals surface area contributed by atoms with E-state index in [-0.39, 0.29) is 17.0 Å². The summed E-state index contributed by atoms with van der Waals surface area (Å²) in [5, 5.41) is 0. The van der Waals surface area contributed by atoms with Crippen LogP contribution in [0.25, 0.3) is 0 Å². The molecule has 0 atom stereocenters. The van der Waals surface area contributed by atoms with E-state index in [1.54, 1.807) is 0 Å². The molecule has 11 heavy (non-hydrogen) atoms. The van der Waals surface area contributed by atoms with E-state index in [9.17, 15) is 0 Å². The minimum atomic E-state index is 0. The first-order valence-electron chi connectivity index (χ1n) is 3.30. The molecule has 0 radical (unpaired) electrons. The zero-order valence-electron chi connectivity index (χ0n) is 7.03. The van der Waals surface area contributed by atoms with E-state index in [0.29, 0.717) is 0 Å². The summed E-state index contributed by atoms with van der Waals surface area (Å²) in [7, 11) is 9.34. The Morgan fingerprint density at radius 2 is 1.18 bits per heavy atom. The third-order valence-electron chi connectivity index (χ3n) is 1.34. The molecule has 0 aliphatic carbocycles. The fourth-order valence-corrected chi connectivity index (χ4v) is 0.671. The van der Waals surface area contributed by atoms with Gasteiger partial charge in [0.25, 0.3) is 0 Å². The fourth-order valence-electron chi connectivity index (χ4n) is 0.671. The predicted molar refractivity (Wildman–Crippen MR) is 55.5 cm³/mol. The Hall–Kier alpha value is 1.54. The van der Waals surface area contributed by atoms with Crippen LogP contribution >= 0.6 is 37.2 Å². The summed E-state index contributed by atoms with van der Waals surface area (Å²) in [6, 6.07) is 0. The van der Waals surface area contributed by atoms with E-state index >= 15 is 0 Å². The quantitative estimate of drug-likeness (QED) is 0.722. The Morgan fingerprint density at radius 3 is 1.18 bits per heavy atom. The maximum absolute atomic E-state index is 4.67. The molecule has 0 saturated heterocycles. The van der Waals surface area contributed by atoms with Gasteiger partial charge in [0.05, 0.1) is 0 Å². The number of nitrogens with zero attached hydrogens (tertiary/aromatic N) is 1. The Kier molecular flexibility index (Phi) is 29.3. The predicted octanol–water partition coefficient (Wildman–Crippen LogP) is 3.30. The molecule has 0 fully saturated rings. The van der Waals surface area contributed by atoms with Crippen molar-refractivity contribution in [2.24, 2.45) is 0 Å². The Bertz CT molecular complexity index is 50.3. The van der Waals surface area contributed by atoms with Crippen molar-refractivity contribution >= 4 is 37.2 Å². The molecular weight excluding hydrogens is 300 g/mol. The average Bonchev–Trinajstić information content (AvgIpc) is 1.93. The van der Waals surface area contributed by atoms with E-state index < -0.39 is 0 Å². The molecule has 0 aromatic carbocycles.